The van der Waals surface area contributed by atoms with E-state index in [4.69, 9.17) is 11.6 Å². The van der Waals surface area contributed by atoms with E-state index < -0.39 is 5.91 Å². The molecule has 0 aliphatic heterocycles. The Balaban J connectivity index is 1.57. The van der Waals surface area contributed by atoms with E-state index >= 15 is 0 Å². The molecule has 0 unspecified atom stereocenters. The fourth-order valence-electron chi connectivity index (χ4n) is 3.51. The summed E-state index contributed by atoms with van der Waals surface area (Å²) in [5, 5.41) is 5.17. The molecule has 0 radical (unpaired) electrons. The van der Waals surface area contributed by atoms with Gasteiger partial charge in [0.25, 0.3) is 11.5 Å². The van der Waals surface area contributed by atoms with E-state index in [2.05, 4.69) is 20.9 Å². The van der Waals surface area contributed by atoms with Crippen molar-refractivity contribution in [2.75, 3.05) is 5.43 Å². The van der Waals surface area contributed by atoms with Gasteiger partial charge in [-0.15, -0.1) is 0 Å². The van der Waals surface area contributed by atoms with Crippen LogP contribution in [-0.2, 0) is 13.1 Å². The second-order valence-corrected chi connectivity index (χ2v) is 7.83. The minimum absolute atomic E-state index is 0.185. The number of aryl methyl sites for hydroxylation is 2. The topological polar surface area (TPSA) is 93.8 Å². The first-order chi connectivity index (χ1) is 15.4. The Labute approximate surface area is 189 Å². The molecule has 0 saturated carbocycles. The molecule has 164 valence electrons. The van der Waals surface area contributed by atoms with Crippen LogP contribution in [0.3, 0.4) is 0 Å². The van der Waals surface area contributed by atoms with Gasteiger partial charge in [-0.2, -0.15) is 5.10 Å². The van der Waals surface area contributed by atoms with E-state index in [-0.39, 0.29) is 22.2 Å². The molecular formula is C23H23ClN6O2. The molecule has 4 rings (SSSR count). The van der Waals surface area contributed by atoms with Crippen LogP contribution in [-0.4, -0.2) is 25.2 Å². The van der Waals surface area contributed by atoms with E-state index in [9.17, 15) is 9.59 Å². The van der Waals surface area contributed by atoms with E-state index in [1.807, 2.05) is 38.1 Å². The van der Waals surface area contributed by atoms with Gasteiger partial charge in [0.1, 0.15) is 10.7 Å². The molecular weight excluding hydrogens is 428 g/mol. The van der Waals surface area contributed by atoms with Crippen LogP contribution >= 0.6 is 11.6 Å². The number of hydrogen-bond acceptors (Lipinski definition) is 5. The van der Waals surface area contributed by atoms with Crippen LogP contribution in [0.25, 0.3) is 10.9 Å². The predicted molar refractivity (Wildman–Crippen MR) is 125 cm³/mol. The van der Waals surface area contributed by atoms with Crippen LogP contribution in [0.4, 0.5) is 5.95 Å². The Bertz CT molecular complexity index is 1360. The van der Waals surface area contributed by atoms with E-state index in [1.165, 1.54) is 4.57 Å². The molecule has 32 heavy (non-hydrogen) atoms. The molecule has 2 aromatic heterocycles. The summed E-state index contributed by atoms with van der Waals surface area (Å²) in [5.41, 5.74) is 8.68. The zero-order valence-corrected chi connectivity index (χ0v) is 18.8. The van der Waals surface area contributed by atoms with Crippen molar-refractivity contribution < 1.29 is 4.79 Å². The third-order valence-corrected chi connectivity index (χ3v) is 5.60. The molecule has 0 fully saturated rings. The lowest BCUT2D eigenvalue weighted by Gasteiger charge is -2.14. The first-order valence-electron chi connectivity index (χ1n) is 10.2. The minimum atomic E-state index is -0.465. The minimum Gasteiger partial charge on any atom is -0.277 e. The highest BCUT2D eigenvalue weighted by atomic mass is 35.5. The zero-order valence-electron chi connectivity index (χ0n) is 18.0. The normalized spacial score (nSPS) is 11.0. The highest BCUT2D eigenvalue weighted by Gasteiger charge is 2.21. The van der Waals surface area contributed by atoms with Gasteiger partial charge in [0.05, 0.1) is 23.1 Å². The highest BCUT2D eigenvalue weighted by Crippen LogP contribution is 2.21. The summed E-state index contributed by atoms with van der Waals surface area (Å²) in [5.74, 6) is -0.224. The van der Waals surface area contributed by atoms with E-state index in [1.54, 1.807) is 35.9 Å². The number of carbonyl (C=O) groups excluding carboxylic acids is 1. The number of fused-ring (bicyclic) bond motifs is 1. The van der Waals surface area contributed by atoms with Crippen molar-refractivity contribution in [3.05, 3.63) is 86.4 Å². The number of para-hydroxylation sites is 1. The van der Waals surface area contributed by atoms with Gasteiger partial charge in [0, 0.05) is 6.54 Å². The lowest BCUT2D eigenvalue weighted by atomic mass is 10.1. The van der Waals surface area contributed by atoms with Crippen LogP contribution in [0.1, 0.15) is 34.1 Å². The maximum absolute atomic E-state index is 12.9. The number of hydrazine groups is 1. The largest absolute Gasteiger partial charge is 0.277 e. The van der Waals surface area contributed by atoms with Gasteiger partial charge in [0.2, 0.25) is 5.95 Å². The Morgan fingerprint density at radius 3 is 2.53 bits per heavy atom. The monoisotopic (exact) mass is 450 g/mol. The van der Waals surface area contributed by atoms with Crippen LogP contribution in [0.5, 0.6) is 0 Å². The van der Waals surface area contributed by atoms with Gasteiger partial charge in [0.15, 0.2) is 0 Å². The van der Waals surface area contributed by atoms with E-state index in [0.717, 1.165) is 11.1 Å². The molecule has 1 amide bonds. The molecule has 2 N–H and O–H groups in total. The average molecular weight is 451 g/mol. The van der Waals surface area contributed by atoms with Crippen LogP contribution in [0.2, 0.25) is 5.15 Å². The summed E-state index contributed by atoms with van der Waals surface area (Å²) in [6.07, 6.45) is 0. The Hall–Kier alpha value is -3.65. The van der Waals surface area contributed by atoms with Crippen LogP contribution in [0, 0.1) is 13.8 Å². The SMILES string of the molecule is CCn1c(NNC(=O)c2c(C)nn(Cc3ccc(C)cc3)c2Cl)nc2ccccc2c1=O. The van der Waals surface area contributed by atoms with Crippen molar-refractivity contribution in [2.45, 2.75) is 33.9 Å². The summed E-state index contributed by atoms with van der Waals surface area (Å²) in [6.45, 7) is 6.42. The summed E-state index contributed by atoms with van der Waals surface area (Å²) in [7, 11) is 0. The maximum atomic E-state index is 12.9. The number of halogens is 1. The highest BCUT2D eigenvalue weighted by molar-refractivity contribution is 6.33. The molecule has 4 aromatic rings. The number of aromatic nitrogens is 4. The van der Waals surface area contributed by atoms with Gasteiger partial charge < -0.3 is 0 Å². The maximum Gasteiger partial charge on any atom is 0.274 e. The number of amides is 1. The molecule has 0 aliphatic rings. The van der Waals surface area contributed by atoms with Crippen LogP contribution < -0.4 is 16.4 Å². The quantitative estimate of drug-likeness (QED) is 0.437. The molecule has 0 saturated heterocycles. The smallest absolute Gasteiger partial charge is 0.274 e. The number of rotatable bonds is 6. The van der Waals surface area contributed by atoms with Crippen LogP contribution in [0.15, 0.2) is 53.3 Å². The summed E-state index contributed by atoms with van der Waals surface area (Å²) < 4.78 is 3.05. The molecule has 9 heteroatoms. The molecule has 0 atom stereocenters. The first-order valence-corrected chi connectivity index (χ1v) is 10.6. The van der Waals surface area contributed by atoms with E-state index in [0.29, 0.717) is 29.7 Å². The van der Waals surface area contributed by atoms with Crippen molar-refractivity contribution in [3.8, 4) is 0 Å². The number of benzene rings is 2. The molecule has 2 heterocycles. The number of carbonyl (C=O) groups is 1. The van der Waals surface area contributed by atoms with Crippen molar-refractivity contribution in [3.63, 3.8) is 0 Å². The summed E-state index contributed by atoms with van der Waals surface area (Å²) >= 11 is 6.49. The fourth-order valence-corrected chi connectivity index (χ4v) is 3.83. The Morgan fingerprint density at radius 2 is 1.81 bits per heavy atom. The Morgan fingerprint density at radius 1 is 1.09 bits per heavy atom. The lowest BCUT2D eigenvalue weighted by molar-refractivity contribution is 0.0961. The second kappa shape index (κ2) is 8.84. The average Bonchev–Trinajstić information content (AvgIpc) is 3.06. The van der Waals surface area contributed by atoms with Crippen molar-refractivity contribution in [1.82, 2.24) is 24.8 Å². The molecule has 0 bridgehead atoms. The third kappa shape index (κ3) is 4.09. The van der Waals surface area contributed by atoms with Gasteiger partial charge in [-0.25, -0.2) is 9.67 Å². The fraction of sp³-hybridized carbons (Fsp3) is 0.217. The number of hydrogen-bond donors (Lipinski definition) is 2. The standard InChI is InChI=1S/C23H23ClN6O2/c1-4-29-22(32)17-7-5-6-8-18(17)25-23(29)27-26-21(31)19-15(3)28-30(20(19)24)13-16-11-9-14(2)10-12-16/h5-12H,4,13H2,1-3H3,(H,25,27)(H,26,31). The summed E-state index contributed by atoms with van der Waals surface area (Å²) in [4.78, 5) is 30.1. The number of nitrogens with one attached hydrogen (secondary N) is 2. The van der Waals surface area contributed by atoms with Gasteiger partial charge in [-0.05, 0) is 38.5 Å². The van der Waals surface area contributed by atoms with Crippen molar-refractivity contribution in [1.29, 1.82) is 0 Å². The molecule has 2 aromatic carbocycles. The molecule has 0 aliphatic carbocycles. The number of nitrogens with zero attached hydrogens (tertiary/aromatic N) is 4. The van der Waals surface area contributed by atoms with Gasteiger partial charge in [-0.3, -0.25) is 25.0 Å². The van der Waals surface area contributed by atoms with Crippen molar-refractivity contribution >= 4 is 34.4 Å². The Kier molecular flexibility index (Phi) is 5.96. The lowest BCUT2D eigenvalue weighted by Crippen LogP contribution is -2.34. The third-order valence-electron chi connectivity index (χ3n) is 5.21. The van der Waals surface area contributed by atoms with Gasteiger partial charge in [-0.1, -0.05) is 53.6 Å². The molecule has 8 nitrogen and oxygen atoms in total. The zero-order chi connectivity index (χ0) is 22.8. The van der Waals surface area contributed by atoms with Gasteiger partial charge >= 0.3 is 0 Å². The molecule has 0 spiro atoms. The summed E-state index contributed by atoms with van der Waals surface area (Å²) in [6, 6.07) is 15.1. The first kappa shape index (κ1) is 21.6. The second-order valence-electron chi connectivity index (χ2n) is 7.48. The van der Waals surface area contributed by atoms with Crippen molar-refractivity contribution in [2.24, 2.45) is 0 Å². The number of anilines is 1. The predicted octanol–water partition coefficient (Wildman–Crippen LogP) is 3.69.